The summed E-state index contributed by atoms with van der Waals surface area (Å²) in [6, 6.07) is 8.76. The Labute approximate surface area is 160 Å². The van der Waals surface area contributed by atoms with Crippen LogP contribution in [0.25, 0.3) is 0 Å². The SMILES string of the molecule is N#CC(C(=O)c1ccc(Cl)cc1)C1=NCCCC1Cc1cnc(Cl)s1. The van der Waals surface area contributed by atoms with Gasteiger partial charge in [0.15, 0.2) is 10.3 Å². The van der Waals surface area contributed by atoms with Gasteiger partial charge in [0, 0.05) is 39.8 Å². The van der Waals surface area contributed by atoms with Gasteiger partial charge in [0.05, 0.1) is 6.07 Å². The van der Waals surface area contributed by atoms with Gasteiger partial charge in [0.2, 0.25) is 0 Å². The number of ketones is 1. The average Bonchev–Trinajstić information content (AvgIpc) is 3.02. The first-order valence-electron chi connectivity index (χ1n) is 7.92. The van der Waals surface area contributed by atoms with E-state index in [2.05, 4.69) is 16.0 Å². The molecule has 0 amide bonds. The lowest BCUT2D eigenvalue weighted by Crippen LogP contribution is -2.33. The van der Waals surface area contributed by atoms with Crippen LogP contribution >= 0.6 is 34.5 Å². The molecule has 1 aromatic carbocycles. The number of carbonyl (C=O) groups excluding carboxylic acids is 1. The summed E-state index contributed by atoms with van der Waals surface area (Å²) in [7, 11) is 0. The zero-order valence-corrected chi connectivity index (χ0v) is 15.6. The van der Waals surface area contributed by atoms with E-state index in [0.29, 0.717) is 33.7 Å². The van der Waals surface area contributed by atoms with Gasteiger partial charge in [-0.05, 0) is 43.5 Å². The Kier molecular flexibility index (Phi) is 5.85. The third-order valence-corrected chi connectivity index (χ3v) is 5.60. The molecule has 0 fully saturated rings. The van der Waals surface area contributed by atoms with Crippen LogP contribution in [0.5, 0.6) is 0 Å². The van der Waals surface area contributed by atoms with Gasteiger partial charge in [-0.15, -0.1) is 11.3 Å². The summed E-state index contributed by atoms with van der Waals surface area (Å²) in [4.78, 5) is 22.5. The zero-order chi connectivity index (χ0) is 17.8. The van der Waals surface area contributed by atoms with Crippen molar-refractivity contribution in [2.45, 2.75) is 19.3 Å². The molecular formula is C18H15Cl2N3OS. The number of hydrogen-bond donors (Lipinski definition) is 0. The monoisotopic (exact) mass is 391 g/mol. The summed E-state index contributed by atoms with van der Waals surface area (Å²) < 4.78 is 0.498. The van der Waals surface area contributed by atoms with Crippen molar-refractivity contribution in [3.05, 3.63) is 50.4 Å². The second-order valence-corrected chi connectivity index (χ2v) is 8.00. The highest BCUT2D eigenvalue weighted by Gasteiger charge is 2.32. The van der Waals surface area contributed by atoms with Crippen LogP contribution in [0.1, 0.15) is 28.1 Å². The van der Waals surface area contributed by atoms with Gasteiger partial charge in [-0.25, -0.2) is 4.98 Å². The minimum Gasteiger partial charge on any atom is -0.292 e. The minimum absolute atomic E-state index is 0.0613. The Morgan fingerprint density at radius 1 is 1.36 bits per heavy atom. The molecule has 2 unspecified atom stereocenters. The molecule has 128 valence electrons. The number of Topliss-reactive ketones (excluding diaryl/α,β-unsaturated/α-hetero) is 1. The predicted octanol–water partition coefficient (Wildman–Crippen LogP) is 4.87. The Morgan fingerprint density at radius 3 is 2.76 bits per heavy atom. The fourth-order valence-electron chi connectivity index (χ4n) is 3.02. The smallest absolute Gasteiger partial charge is 0.185 e. The topological polar surface area (TPSA) is 66.1 Å². The number of aromatic nitrogens is 1. The Balaban J connectivity index is 1.84. The largest absolute Gasteiger partial charge is 0.292 e. The van der Waals surface area contributed by atoms with Crippen LogP contribution in [-0.4, -0.2) is 23.0 Å². The summed E-state index contributed by atoms with van der Waals surface area (Å²) >= 11 is 13.2. The first kappa shape index (κ1) is 18.1. The van der Waals surface area contributed by atoms with Gasteiger partial charge in [-0.2, -0.15) is 5.26 Å². The Morgan fingerprint density at radius 2 is 2.12 bits per heavy atom. The molecule has 0 spiro atoms. The molecule has 2 atom stereocenters. The van der Waals surface area contributed by atoms with Gasteiger partial charge in [0.25, 0.3) is 0 Å². The van der Waals surface area contributed by atoms with Crippen LogP contribution in [-0.2, 0) is 6.42 Å². The fraction of sp³-hybridized carbons (Fsp3) is 0.333. The van der Waals surface area contributed by atoms with Crippen molar-refractivity contribution in [2.24, 2.45) is 16.8 Å². The van der Waals surface area contributed by atoms with E-state index in [4.69, 9.17) is 23.2 Å². The second-order valence-electron chi connectivity index (χ2n) is 5.86. The van der Waals surface area contributed by atoms with Crippen molar-refractivity contribution in [3.8, 4) is 6.07 Å². The molecule has 0 aliphatic carbocycles. The van der Waals surface area contributed by atoms with Crippen LogP contribution in [0.2, 0.25) is 9.49 Å². The first-order chi connectivity index (χ1) is 12.1. The molecule has 1 aliphatic rings. The van der Waals surface area contributed by atoms with E-state index in [1.807, 2.05) is 0 Å². The van der Waals surface area contributed by atoms with E-state index in [1.54, 1.807) is 30.5 Å². The molecular weight excluding hydrogens is 377 g/mol. The molecule has 7 heteroatoms. The van der Waals surface area contributed by atoms with Gasteiger partial charge >= 0.3 is 0 Å². The molecule has 3 rings (SSSR count). The van der Waals surface area contributed by atoms with Crippen molar-refractivity contribution in [2.75, 3.05) is 6.54 Å². The maximum absolute atomic E-state index is 12.8. The lowest BCUT2D eigenvalue weighted by Gasteiger charge is -2.25. The van der Waals surface area contributed by atoms with Gasteiger partial charge < -0.3 is 0 Å². The van der Waals surface area contributed by atoms with E-state index in [-0.39, 0.29) is 11.7 Å². The highest BCUT2D eigenvalue weighted by atomic mass is 35.5. The van der Waals surface area contributed by atoms with Crippen molar-refractivity contribution in [1.29, 1.82) is 5.26 Å². The quantitative estimate of drug-likeness (QED) is 0.682. The molecule has 0 radical (unpaired) electrons. The summed E-state index contributed by atoms with van der Waals surface area (Å²) in [5.74, 6) is -1.03. The molecule has 2 aromatic rings. The number of hydrogen-bond acceptors (Lipinski definition) is 5. The standard InChI is InChI=1S/C18H15Cl2N3OS/c19-13-5-3-11(4-6-13)17(24)15(9-21)16-12(2-1-7-22-16)8-14-10-23-18(20)25-14/h3-6,10,12,15H,1-2,7-8H2. The number of rotatable bonds is 5. The van der Waals surface area contributed by atoms with Gasteiger partial charge in [0.1, 0.15) is 5.92 Å². The van der Waals surface area contributed by atoms with Crippen LogP contribution in [0.3, 0.4) is 0 Å². The molecule has 25 heavy (non-hydrogen) atoms. The molecule has 2 heterocycles. The summed E-state index contributed by atoms with van der Waals surface area (Å²) in [5, 5.41) is 10.2. The third kappa shape index (κ3) is 4.27. The van der Waals surface area contributed by atoms with Crippen molar-refractivity contribution >= 4 is 46.0 Å². The number of halogens is 2. The van der Waals surface area contributed by atoms with E-state index >= 15 is 0 Å². The fourth-order valence-corrected chi connectivity index (χ4v) is 4.20. The van der Waals surface area contributed by atoms with Crippen LogP contribution < -0.4 is 0 Å². The lowest BCUT2D eigenvalue weighted by atomic mass is 9.81. The molecule has 0 saturated heterocycles. The highest BCUT2D eigenvalue weighted by molar-refractivity contribution is 7.15. The average molecular weight is 392 g/mol. The minimum atomic E-state index is -0.866. The van der Waals surface area contributed by atoms with E-state index in [0.717, 1.165) is 17.7 Å². The molecule has 1 aliphatic heterocycles. The zero-order valence-electron chi connectivity index (χ0n) is 13.3. The van der Waals surface area contributed by atoms with Gasteiger partial charge in [-0.3, -0.25) is 9.79 Å². The van der Waals surface area contributed by atoms with Crippen LogP contribution in [0.15, 0.2) is 35.5 Å². The number of nitriles is 1. The van der Waals surface area contributed by atoms with E-state index < -0.39 is 5.92 Å². The molecule has 0 bridgehead atoms. The molecule has 0 N–H and O–H groups in total. The summed E-state index contributed by atoms with van der Waals surface area (Å²) in [6.07, 6.45) is 4.31. The summed E-state index contributed by atoms with van der Waals surface area (Å²) in [5.41, 5.74) is 1.15. The summed E-state index contributed by atoms with van der Waals surface area (Å²) in [6.45, 7) is 0.654. The second kappa shape index (κ2) is 8.09. The van der Waals surface area contributed by atoms with Gasteiger partial charge in [-0.1, -0.05) is 23.2 Å². The van der Waals surface area contributed by atoms with E-state index in [9.17, 15) is 10.1 Å². The van der Waals surface area contributed by atoms with Crippen molar-refractivity contribution in [1.82, 2.24) is 4.98 Å². The van der Waals surface area contributed by atoms with Crippen molar-refractivity contribution in [3.63, 3.8) is 0 Å². The van der Waals surface area contributed by atoms with E-state index in [1.165, 1.54) is 11.3 Å². The molecule has 0 saturated carbocycles. The number of nitrogens with zero attached hydrogens (tertiary/aromatic N) is 3. The number of carbonyl (C=O) groups is 1. The number of thiazole rings is 1. The van der Waals surface area contributed by atoms with Crippen LogP contribution in [0, 0.1) is 23.2 Å². The first-order valence-corrected chi connectivity index (χ1v) is 9.49. The highest BCUT2D eigenvalue weighted by Crippen LogP contribution is 2.29. The molecule has 4 nitrogen and oxygen atoms in total. The third-order valence-electron chi connectivity index (χ3n) is 4.21. The number of benzene rings is 1. The predicted molar refractivity (Wildman–Crippen MR) is 101 cm³/mol. The normalized spacial score (nSPS) is 18.3. The Bertz CT molecular complexity index is 839. The molecule has 1 aromatic heterocycles. The lowest BCUT2D eigenvalue weighted by molar-refractivity contribution is 0.0972. The van der Waals surface area contributed by atoms with Crippen LogP contribution in [0.4, 0.5) is 0 Å². The van der Waals surface area contributed by atoms with Crippen molar-refractivity contribution < 1.29 is 4.79 Å². The number of aliphatic imine (C=N–C) groups is 1. The maximum Gasteiger partial charge on any atom is 0.185 e. The Hall–Kier alpha value is -1.74. The maximum atomic E-state index is 12.8.